The van der Waals surface area contributed by atoms with Crippen molar-refractivity contribution in [1.29, 1.82) is 0 Å². The SMILES string of the molecule is O=C1C(O)=C(C2CCC(OCc3ccccc3)CC2)C(=O)c2ccccc21. The van der Waals surface area contributed by atoms with Crippen LogP contribution < -0.4 is 0 Å². The van der Waals surface area contributed by atoms with Gasteiger partial charge in [-0.1, -0.05) is 54.6 Å². The molecule has 138 valence electrons. The van der Waals surface area contributed by atoms with Gasteiger partial charge in [-0.2, -0.15) is 0 Å². The highest BCUT2D eigenvalue weighted by molar-refractivity contribution is 6.26. The van der Waals surface area contributed by atoms with Crippen LogP contribution in [-0.2, 0) is 11.3 Å². The minimum atomic E-state index is -0.442. The van der Waals surface area contributed by atoms with E-state index >= 15 is 0 Å². The summed E-state index contributed by atoms with van der Waals surface area (Å²) in [7, 11) is 0. The monoisotopic (exact) mass is 362 g/mol. The number of carbonyl (C=O) groups is 2. The first kappa shape index (κ1) is 17.7. The first-order chi connectivity index (χ1) is 13.1. The Balaban J connectivity index is 1.43. The first-order valence-corrected chi connectivity index (χ1v) is 9.42. The summed E-state index contributed by atoms with van der Waals surface area (Å²) >= 11 is 0. The van der Waals surface area contributed by atoms with Crippen molar-refractivity contribution >= 4 is 11.6 Å². The maximum atomic E-state index is 12.9. The second kappa shape index (κ2) is 7.49. The zero-order valence-electron chi connectivity index (χ0n) is 15.1. The molecule has 0 atom stereocenters. The summed E-state index contributed by atoms with van der Waals surface area (Å²) in [5, 5.41) is 10.4. The molecule has 0 amide bonds. The summed E-state index contributed by atoms with van der Waals surface area (Å²) in [6.07, 6.45) is 3.25. The lowest BCUT2D eigenvalue weighted by Crippen LogP contribution is -2.30. The second-order valence-corrected chi connectivity index (χ2v) is 7.24. The van der Waals surface area contributed by atoms with Crippen LogP contribution in [0, 0.1) is 5.92 Å². The van der Waals surface area contributed by atoms with Crippen molar-refractivity contribution < 1.29 is 19.4 Å². The van der Waals surface area contributed by atoms with Crippen molar-refractivity contribution in [3.63, 3.8) is 0 Å². The highest BCUT2D eigenvalue weighted by atomic mass is 16.5. The smallest absolute Gasteiger partial charge is 0.228 e. The van der Waals surface area contributed by atoms with Crippen molar-refractivity contribution in [2.24, 2.45) is 5.92 Å². The maximum Gasteiger partial charge on any atom is 0.228 e. The number of hydrogen-bond donors (Lipinski definition) is 1. The third-order valence-corrected chi connectivity index (χ3v) is 5.54. The van der Waals surface area contributed by atoms with E-state index in [1.807, 2.05) is 30.3 Å². The molecule has 0 aliphatic heterocycles. The van der Waals surface area contributed by atoms with Gasteiger partial charge in [-0.25, -0.2) is 0 Å². The Bertz CT molecular complexity index is 890. The van der Waals surface area contributed by atoms with Gasteiger partial charge >= 0.3 is 0 Å². The van der Waals surface area contributed by atoms with Gasteiger partial charge in [0, 0.05) is 16.7 Å². The highest BCUT2D eigenvalue weighted by Crippen LogP contribution is 2.37. The van der Waals surface area contributed by atoms with Crippen LogP contribution in [0.4, 0.5) is 0 Å². The fraction of sp³-hybridized carbons (Fsp3) is 0.304. The normalized spacial score (nSPS) is 22.7. The number of fused-ring (bicyclic) bond motifs is 1. The number of hydrogen-bond acceptors (Lipinski definition) is 4. The third kappa shape index (κ3) is 3.45. The molecule has 2 aromatic carbocycles. The molecule has 0 aromatic heterocycles. The van der Waals surface area contributed by atoms with Crippen molar-refractivity contribution in [3.8, 4) is 0 Å². The molecule has 1 saturated carbocycles. The van der Waals surface area contributed by atoms with E-state index in [1.54, 1.807) is 24.3 Å². The molecule has 0 bridgehead atoms. The van der Waals surface area contributed by atoms with Gasteiger partial charge < -0.3 is 9.84 Å². The van der Waals surface area contributed by atoms with Crippen LogP contribution in [0.3, 0.4) is 0 Å². The molecule has 4 rings (SSSR count). The fourth-order valence-corrected chi connectivity index (χ4v) is 4.07. The van der Waals surface area contributed by atoms with Gasteiger partial charge in [-0.3, -0.25) is 9.59 Å². The molecule has 2 aromatic rings. The topological polar surface area (TPSA) is 63.6 Å². The zero-order chi connectivity index (χ0) is 18.8. The molecule has 4 nitrogen and oxygen atoms in total. The van der Waals surface area contributed by atoms with Crippen molar-refractivity contribution in [3.05, 3.63) is 82.6 Å². The lowest BCUT2D eigenvalue weighted by atomic mass is 9.75. The van der Waals surface area contributed by atoms with Crippen LogP contribution in [0.25, 0.3) is 0 Å². The number of aliphatic hydroxyl groups excluding tert-OH is 1. The van der Waals surface area contributed by atoms with Crippen LogP contribution in [0.5, 0.6) is 0 Å². The Morgan fingerprint density at radius 1 is 0.815 bits per heavy atom. The van der Waals surface area contributed by atoms with E-state index in [2.05, 4.69) is 0 Å². The molecule has 0 unspecified atom stereocenters. The standard InChI is InChI=1S/C23H22O4/c24-21-18-8-4-5-9-19(18)22(25)23(26)20(21)16-10-12-17(13-11-16)27-14-15-6-2-1-3-7-15/h1-9,16-17,26H,10-14H2. The van der Waals surface area contributed by atoms with Gasteiger partial charge in [-0.15, -0.1) is 0 Å². The van der Waals surface area contributed by atoms with Crippen LogP contribution >= 0.6 is 0 Å². The number of allylic oxidation sites excluding steroid dienone is 2. The van der Waals surface area contributed by atoms with Gasteiger partial charge in [0.25, 0.3) is 0 Å². The Morgan fingerprint density at radius 2 is 1.41 bits per heavy atom. The largest absolute Gasteiger partial charge is 0.504 e. The van der Waals surface area contributed by atoms with Gasteiger partial charge in [0.15, 0.2) is 11.5 Å². The number of Topliss-reactive ketones (excluding diaryl/α,β-unsaturated/α-hetero) is 2. The number of carbonyl (C=O) groups excluding carboxylic acids is 2. The Hall–Kier alpha value is -2.72. The Morgan fingerprint density at radius 3 is 2.07 bits per heavy atom. The second-order valence-electron chi connectivity index (χ2n) is 7.24. The lowest BCUT2D eigenvalue weighted by Gasteiger charge is -2.31. The highest BCUT2D eigenvalue weighted by Gasteiger charge is 2.37. The predicted molar refractivity (Wildman–Crippen MR) is 102 cm³/mol. The van der Waals surface area contributed by atoms with Gasteiger partial charge in [-0.05, 0) is 37.2 Å². The number of aliphatic hydroxyl groups is 1. The zero-order valence-corrected chi connectivity index (χ0v) is 15.1. The summed E-state index contributed by atoms with van der Waals surface area (Å²) in [5.74, 6) is -1.11. The number of ketones is 2. The van der Waals surface area contributed by atoms with E-state index in [9.17, 15) is 14.7 Å². The number of ether oxygens (including phenoxy) is 1. The predicted octanol–water partition coefficient (Wildman–Crippen LogP) is 4.65. The van der Waals surface area contributed by atoms with Crippen molar-refractivity contribution in [1.82, 2.24) is 0 Å². The molecule has 2 aliphatic carbocycles. The molecule has 0 spiro atoms. The maximum absolute atomic E-state index is 12.9. The van der Waals surface area contributed by atoms with Crippen molar-refractivity contribution in [2.45, 2.75) is 38.4 Å². The van der Waals surface area contributed by atoms with Crippen LogP contribution in [0.2, 0.25) is 0 Å². The summed E-state index contributed by atoms with van der Waals surface area (Å²) < 4.78 is 6.01. The van der Waals surface area contributed by atoms with E-state index in [1.165, 1.54) is 0 Å². The molecule has 4 heteroatoms. The molecule has 2 aliphatic rings. The molecule has 0 saturated heterocycles. The quantitative estimate of drug-likeness (QED) is 0.860. The van der Waals surface area contributed by atoms with Gasteiger partial charge in [0.05, 0.1) is 12.7 Å². The van der Waals surface area contributed by atoms with E-state index in [4.69, 9.17) is 4.74 Å². The van der Waals surface area contributed by atoms with Crippen LogP contribution in [0.1, 0.15) is 52.0 Å². The molecule has 27 heavy (non-hydrogen) atoms. The molecular formula is C23H22O4. The summed E-state index contributed by atoms with van der Waals surface area (Å²) in [4.78, 5) is 25.3. The third-order valence-electron chi connectivity index (χ3n) is 5.54. The number of rotatable bonds is 4. The molecule has 0 heterocycles. The summed E-state index contributed by atoms with van der Waals surface area (Å²) in [5.41, 5.74) is 2.13. The molecule has 1 N–H and O–H groups in total. The van der Waals surface area contributed by atoms with Crippen molar-refractivity contribution in [2.75, 3.05) is 0 Å². The average molecular weight is 362 g/mol. The summed E-state index contributed by atoms with van der Waals surface area (Å²) in [6, 6.07) is 16.8. The van der Waals surface area contributed by atoms with E-state index in [0.29, 0.717) is 23.3 Å². The minimum Gasteiger partial charge on any atom is -0.504 e. The average Bonchev–Trinajstić information content (AvgIpc) is 2.72. The summed E-state index contributed by atoms with van der Waals surface area (Å²) in [6.45, 7) is 0.578. The fourth-order valence-electron chi connectivity index (χ4n) is 4.07. The van der Waals surface area contributed by atoms with Gasteiger partial charge in [0.2, 0.25) is 5.78 Å². The van der Waals surface area contributed by atoms with E-state index in [0.717, 1.165) is 31.2 Å². The lowest BCUT2D eigenvalue weighted by molar-refractivity contribution is 0.00974. The minimum absolute atomic E-state index is 0.0913. The van der Waals surface area contributed by atoms with Gasteiger partial charge in [0.1, 0.15) is 0 Å². The first-order valence-electron chi connectivity index (χ1n) is 9.42. The molecular weight excluding hydrogens is 340 g/mol. The molecule has 1 fully saturated rings. The van der Waals surface area contributed by atoms with E-state index < -0.39 is 5.78 Å². The van der Waals surface area contributed by atoms with Crippen LogP contribution in [0.15, 0.2) is 65.9 Å². The van der Waals surface area contributed by atoms with E-state index in [-0.39, 0.29) is 23.6 Å². The van der Waals surface area contributed by atoms with Crippen LogP contribution in [-0.4, -0.2) is 22.8 Å². The number of benzene rings is 2. The Kier molecular flexibility index (Phi) is 4.90. The molecule has 0 radical (unpaired) electrons. The Labute approximate surface area is 158 Å².